The van der Waals surface area contributed by atoms with E-state index in [4.69, 9.17) is 5.73 Å². The van der Waals surface area contributed by atoms with Gasteiger partial charge >= 0.3 is 0 Å². The van der Waals surface area contributed by atoms with Gasteiger partial charge in [0.05, 0.1) is 0 Å². The van der Waals surface area contributed by atoms with E-state index in [-0.39, 0.29) is 10.8 Å². The van der Waals surface area contributed by atoms with Crippen molar-refractivity contribution >= 4 is 0 Å². The minimum atomic E-state index is 0.210. The van der Waals surface area contributed by atoms with E-state index in [0.717, 1.165) is 0 Å². The molecule has 0 fully saturated rings. The lowest BCUT2D eigenvalue weighted by Gasteiger charge is -2.34. The third kappa shape index (κ3) is 5.17. The van der Waals surface area contributed by atoms with Gasteiger partial charge < -0.3 is 5.73 Å². The largest absolute Gasteiger partial charge is 0.327 e. The molecule has 0 aromatic heterocycles. The first-order chi connectivity index (χ1) is 6.59. The second-order valence-corrected chi connectivity index (χ2v) is 6.24. The third-order valence-electron chi connectivity index (χ3n) is 2.43. The van der Waals surface area contributed by atoms with Gasteiger partial charge in [-0.2, -0.15) is 0 Å². The summed E-state index contributed by atoms with van der Waals surface area (Å²) in [5.74, 6) is 0. The fraction of sp³-hybridized carbons (Fsp3) is 0.714. The summed E-state index contributed by atoms with van der Waals surface area (Å²) in [6.45, 7) is 16.3. The number of rotatable bonds is 2. The topological polar surface area (TPSA) is 26.0 Å². The highest BCUT2D eigenvalue weighted by atomic mass is 14.5. The van der Waals surface area contributed by atoms with E-state index in [9.17, 15) is 0 Å². The molecular formula is C14H27N. The highest BCUT2D eigenvalue weighted by molar-refractivity contribution is 5.29. The standard InChI is InChI=1S/C14H27N/c1-11(8-9-15)10-12(13(2,3)4)14(5,6)7/h8,10H,9,15H2,1-7H3/b11-8-. The van der Waals surface area contributed by atoms with Crippen LogP contribution in [-0.2, 0) is 0 Å². The summed E-state index contributed by atoms with van der Waals surface area (Å²) in [5.41, 5.74) is 8.67. The summed E-state index contributed by atoms with van der Waals surface area (Å²) in [4.78, 5) is 0. The lowest BCUT2D eigenvalue weighted by molar-refractivity contribution is 0.362. The summed E-state index contributed by atoms with van der Waals surface area (Å²) in [7, 11) is 0. The average molecular weight is 209 g/mol. The molecular weight excluding hydrogens is 182 g/mol. The quantitative estimate of drug-likeness (QED) is 0.686. The first kappa shape index (κ1) is 14.4. The van der Waals surface area contributed by atoms with E-state index < -0.39 is 0 Å². The smallest absolute Gasteiger partial charge is 0.0112 e. The van der Waals surface area contributed by atoms with Crippen LogP contribution >= 0.6 is 0 Å². The van der Waals surface area contributed by atoms with Gasteiger partial charge in [-0.3, -0.25) is 0 Å². The van der Waals surface area contributed by atoms with Crippen molar-refractivity contribution in [2.24, 2.45) is 16.6 Å². The van der Waals surface area contributed by atoms with Gasteiger partial charge in [0.15, 0.2) is 0 Å². The Morgan fingerprint density at radius 3 is 1.67 bits per heavy atom. The molecule has 88 valence electrons. The highest BCUT2D eigenvalue weighted by Gasteiger charge is 2.27. The molecule has 1 nitrogen and oxygen atoms in total. The molecule has 0 bridgehead atoms. The minimum absolute atomic E-state index is 0.210. The molecule has 0 aromatic carbocycles. The predicted molar refractivity (Wildman–Crippen MR) is 69.8 cm³/mol. The monoisotopic (exact) mass is 209 g/mol. The van der Waals surface area contributed by atoms with E-state index in [1.165, 1.54) is 11.1 Å². The first-order valence-electron chi connectivity index (χ1n) is 5.68. The lowest BCUT2D eigenvalue weighted by Crippen LogP contribution is -2.22. The Labute approximate surface area is 95.4 Å². The third-order valence-corrected chi connectivity index (χ3v) is 2.43. The second-order valence-electron chi connectivity index (χ2n) is 6.24. The van der Waals surface area contributed by atoms with E-state index >= 15 is 0 Å². The summed E-state index contributed by atoms with van der Waals surface area (Å²) in [6, 6.07) is 0. The van der Waals surface area contributed by atoms with Crippen molar-refractivity contribution < 1.29 is 0 Å². The summed E-state index contributed by atoms with van der Waals surface area (Å²) < 4.78 is 0. The van der Waals surface area contributed by atoms with Crippen LogP contribution in [0.2, 0.25) is 0 Å². The zero-order chi connectivity index (χ0) is 12.3. The Morgan fingerprint density at radius 1 is 1.00 bits per heavy atom. The van der Waals surface area contributed by atoms with Gasteiger partial charge in [-0.25, -0.2) is 0 Å². The molecule has 0 saturated carbocycles. The van der Waals surface area contributed by atoms with E-state index in [1.807, 2.05) is 0 Å². The molecule has 0 rings (SSSR count). The average Bonchev–Trinajstić information content (AvgIpc) is 1.96. The lowest BCUT2D eigenvalue weighted by atomic mass is 9.71. The van der Waals surface area contributed by atoms with Crippen molar-refractivity contribution in [2.45, 2.75) is 48.5 Å². The van der Waals surface area contributed by atoms with Crippen LogP contribution in [0.4, 0.5) is 0 Å². The maximum atomic E-state index is 5.52. The predicted octanol–water partition coefficient (Wildman–Crippen LogP) is 3.91. The zero-order valence-electron chi connectivity index (χ0n) is 11.4. The van der Waals surface area contributed by atoms with Gasteiger partial charge in [-0.15, -0.1) is 0 Å². The molecule has 0 heterocycles. The van der Waals surface area contributed by atoms with Crippen LogP contribution in [0.15, 0.2) is 23.3 Å². The number of nitrogens with two attached hydrogens (primary N) is 1. The Balaban J connectivity index is 5.24. The fourth-order valence-electron chi connectivity index (χ4n) is 2.03. The first-order valence-corrected chi connectivity index (χ1v) is 5.68. The fourth-order valence-corrected chi connectivity index (χ4v) is 2.03. The molecule has 1 heteroatoms. The van der Waals surface area contributed by atoms with Crippen molar-refractivity contribution in [3.05, 3.63) is 23.3 Å². The van der Waals surface area contributed by atoms with Gasteiger partial charge in [0.2, 0.25) is 0 Å². The van der Waals surface area contributed by atoms with Crippen molar-refractivity contribution in [3.63, 3.8) is 0 Å². The Hall–Kier alpha value is -0.560. The van der Waals surface area contributed by atoms with E-state index in [2.05, 4.69) is 60.6 Å². The Bertz CT molecular complexity index is 240. The zero-order valence-corrected chi connectivity index (χ0v) is 11.4. The number of hydrogen-bond acceptors (Lipinski definition) is 1. The minimum Gasteiger partial charge on any atom is -0.327 e. The summed E-state index contributed by atoms with van der Waals surface area (Å²) >= 11 is 0. The van der Waals surface area contributed by atoms with Gasteiger partial charge in [0.1, 0.15) is 0 Å². The van der Waals surface area contributed by atoms with Gasteiger partial charge in [0.25, 0.3) is 0 Å². The molecule has 0 unspecified atom stereocenters. The molecule has 0 aliphatic carbocycles. The van der Waals surface area contributed by atoms with Crippen LogP contribution in [-0.4, -0.2) is 6.54 Å². The van der Waals surface area contributed by atoms with Crippen LogP contribution in [0.1, 0.15) is 48.5 Å². The van der Waals surface area contributed by atoms with Gasteiger partial charge in [0, 0.05) is 6.54 Å². The summed E-state index contributed by atoms with van der Waals surface area (Å²) in [5, 5.41) is 0. The molecule has 0 aliphatic rings. The van der Waals surface area contributed by atoms with E-state index in [0.29, 0.717) is 6.54 Å². The molecule has 2 N–H and O–H groups in total. The highest BCUT2D eigenvalue weighted by Crippen LogP contribution is 2.39. The van der Waals surface area contributed by atoms with Crippen LogP contribution in [0.5, 0.6) is 0 Å². The van der Waals surface area contributed by atoms with Crippen molar-refractivity contribution in [1.29, 1.82) is 0 Å². The van der Waals surface area contributed by atoms with Gasteiger partial charge in [-0.1, -0.05) is 64.8 Å². The maximum Gasteiger partial charge on any atom is 0.0112 e. The van der Waals surface area contributed by atoms with Crippen molar-refractivity contribution in [2.75, 3.05) is 6.54 Å². The molecule has 0 aromatic rings. The Morgan fingerprint density at radius 2 is 1.40 bits per heavy atom. The SMILES string of the molecule is C/C(C=C(C(C)(C)C)C(C)(C)C)=C/CN. The Kier molecular flexibility index (Phi) is 4.79. The molecule has 0 radical (unpaired) electrons. The summed E-state index contributed by atoms with van der Waals surface area (Å²) in [6.07, 6.45) is 4.35. The normalized spacial score (nSPS) is 14.0. The number of hydrogen-bond donors (Lipinski definition) is 1. The van der Waals surface area contributed by atoms with Crippen LogP contribution in [0, 0.1) is 10.8 Å². The molecule has 15 heavy (non-hydrogen) atoms. The molecule has 0 aliphatic heterocycles. The molecule has 0 saturated heterocycles. The number of allylic oxidation sites excluding steroid dienone is 3. The van der Waals surface area contributed by atoms with Crippen LogP contribution in [0.3, 0.4) is 0 Å². The second kappa shape index (κ2) is 4.98. The van der Waals surface area contributed by atoms with E-state index in [1.54, 1.807) is 0 Å². The maximum absolute atomic E-state index is 5.52. The molecule has 0 atom stereocenters. The van der Waals surface area contributed by atoms with Crippen LogP contribution in [0.25, 0.3) is 0 Å². The van der Waals surface area contributed by atoms with Crippen molar-refractivity contribution in [1.82, 2.24) is 0 Å². The van der Waals surface area contributed by atoms with Crippen molar-refractivity contribution in [3.8, 4) is 0 Å². The molecule has 0 spiro atoms. The van der Waals surface area contributed by atoms with Gasteiger partial charge in [-0.05, 0) is 17.8 Å². The van der Waals surface area contributed by atoms with Crippen LogP contribution < -0.4 is 5.73 Å². The molecule has 0 amide bonds.